The molecule has 0 radical (unpaired) electrons. The number of rotatable bonds is 4. The highest BCUT2D eigenvalue weighted by atomic mass is 32.1. The van der Waals surface area contributed by atoms with Crippen LogP contribution in [0.4, 0.5) is 5.69 Å². The van der Waals surface area contributed by atoms with Crippen LogP contribution in [0.25, 0.3) is 10.2 Å². The number of nitro groups is 1. The Balaban J connectivity index is 1.78. The van der Waals surface area contributed by atoms with Crippen LogP contribution in [-0.2, 0) is 19.3 Å². The lowest BCUT2D eigenvalue weighted by Gasteiger charge is -2.14. The van der Waals surface area contributed by atoms with Gasteiger partial charge in [-0.2, -0.15) is 0 Å². The lowest BCUT2D eigenvalue weighted by atomic mass is 9.97. The number of hydrogen-bond donors (Lipinski definition) is 1. The van der Waals surface area contributed by atoms with Crippen molar-refractivity contribution in [3.05, 3.63) is 66.6 Å². The monoisotopic (exact) mass is 398 g/mol. The van der Waals surface area contributed by atoms with Crippen molar-refractivity contribution in [2.75, 3.05) is 5.43 Å². The fourth-order valence-electron chi connectivity index (χ4n) is 3.53. The van der Waals surface area contributed by atoms with E-state index in [-0.39, 0.29) is 16.8 Å². The average molecular weight is 398 g/mol. The van der Waals surface area contributed by atoms with Crippen molar-refractivity contribution in [3.63, 3.8) is 0 Å². The molecular weight excluding hydrogens is 380 g/mol. The number of fused-ring (bicyclic) bond motifs is 3. The summed E-state index contributed by atoms with van der Waals surface area (Å²) < 4.78 is 1.19. The average Bonchev–Trinajstić information content (AvgIpc) is 3.08. The van der Waals surface area contributed by atoms with Crippen molar-refractivity contribution in [1.29, 1.82) is 0 Å². The van der Waals surface area contributed by atoms with Crippen LogP contribution in [0.15, 0.2) is 29.1 Å². The zero-order valence-electron chi connectivity index (χ0n) is 15.2. The van der Waals surface area contributed by atoms with Crippen LogP contribution in [0.3, 0.4) is 0 Å². The lowest BCUT2D eigenvalue weighted by molar-refractivity contribution is -0.384. The number of thiophene rings is 1. The molecule has 1 aromatic carbocycles. The van der Waals surface area contributed by atoms with Gasteiger partial charge < -0.3 is 0 Å². The van der Waals surface area contributed by atoms with E-state index in [4.69, 9.17) is 0 Å². The van der Waals surface area contributed by atoms with Gasteiger partial charge in [0.25, 0.3) is 17.2 Å². The molecule has 0 fully saturated rings. The minimum absolute atomic E-state index is 0.107. The molecule has 1 N–H and O–H groups in total. The van der Waals surface area contributed by atoms with Gasteiger partial charge in [0, 0.05) is 29.0 Å². The maximum Gasteiger partial charge on any atom is 0.281 e. The predicted octanol–water partition coefficient (Wildman–Crippen LogP) is 3.19. The maximum absolute atomic E-state index is 13.2. The molecule has 3 aromatic rings. The van der Waals surface area contributed by atoms with Crippen molar-refractivity contribution in [1.82, 2.24) is 9.66 Å². The molecule has 8 nitrogen and oxygen atoms in total. The number of carbonyl (C=O) groups excluding carboxylic acids is 1. The van der Waals surface area contributed by atoms with E-state index >= 15 is 0 Å². The lowest BCUT2D eigenvalue weighted by Crippen LogP contribution is -2.36. The zero-order valence-corrected chi connectivity index (χ0v) is 16.0. The summed E-state index contributed by atoms with van der Waals surface area (Å²) >= 11 is 1.56. The second-order valence-electron chi connectivity index (χ2n) is 6.66. The summed E-state index contributed by atoms with van der Waals surface area (Å²) in [6, 6.07) is 5.40. The second kappa shape index (κ2) is 7.16. The molecule has 0 unspecified atom stereocenters. The van der Waals surface area contributed by atoms with E-state index in [1.807, 2.05) is 6.92 Å². The molecule has 0 atom stereocenters. The van der Waals surface area contributed by atoms with Crippen molar-refractivity contribution in [2.24, 2.45) is 0 Å². The smallest absolute Gasteiger partial charge is 0.267 e. The summed E-state index contributed by atoms with van der Waals surface area (Å²) in [6.07, 6.45) is 4.41. The minimum Gasteiger partial charge on any atom is -0.267 e. The Hall–Kier alpha value is -3.07. The van der Waals surface area contributed by atoms with Gasteiger partial charge in [-0.3, -0.25) is 25.1 Å². The number of nitrogens with one attached hydrogen (secondary N) is 1. The first-order valence-electron chi connectivity index (χ1n) is 9.11. The minimum atomic E-state index is -0.592. The van der Waals surface area contributed by atoms with Crippen molar-refractivity contribution < 1.29 is 9.72 Å². The molecule has 4 rings (SSSR count). The number of nitro benzene ring substituents is 1. The molecule has 28 heavy (non-hydrogen) atoms. The summed E-state index contributed by atoms with van der Waals surface area (Å²) in [5, 5.41) is 11.5. The van der Waals surface area contributed by atoms with Crippen molar-refractivity contribution >= 4 is 33.1 Å². The summed E-state index contributed by atoms with van der Waals surface area (Å²) in [4.78, 5) is 42.8. The van der Waals surface area contributed by atoms with Crippen LogP contribution in [0, 0.1) is 10.1 Å². The van der Waals surface area contributed by atoms with E-state index in [1.165, 1.54) is 33.8 Å². The third kappa shape index (κ3) is 3.07. The summed E-state index contributed by atoms with van der Waals surface area (Å²) in [7, 11) is 0. The van der Waals surface area contributed by atoms with Gasteiger partial charge >= 0.3 is 0 Å². The number of hydrogen-bond acceptors (Lipinski definition) is 6. The highest BCUT2D eigenvalue weighted by molar-refractivity contribution is 7.18. The molecule has 9 heteroatoms. The Bertz CT molecular complexity index is 1160. The standard InChI is InChI=1S/C19H18N4O4S/c1-2-15-20-18-16(13-8-3-4-9-14(13)28-18)19(25)22(15)21-17(24)11-6-5-7-12(10-11)23(26)27/h5-7,10H,2-4,8-9H2,1H3,(H,21,24). The highest BCUT2D eigenvalue weighted by Gasteiger charge is 2.23. The Morgan fingerprint density at radius 1 is 1.36 bits per heavy atom. The van der Waals surface area contributed by atoms with Gasteiger partial charge in [0.15, 0.2) is 0 Å². The summed E-state index contributed by atoms with van der Waals surface area (Å²) in [6.45, 7) is 1.86. The first-order valence-corrected chi connectivity index (χ1v) is 9.93. The summed E-state index contributed by atoms with van der Waals surface area (Å²) in [5.41, 5.74) is 3.26. The molecule has 144 valence electrons. The molecule has 2 aromatic heterocycles. The Kier molecular flexibility index (Phi) is 4.68. The number of benzene rings is 1. The van der Waals surface area contributed by atoms with E-state index in [9.17, 15) is 19.7 Å². The quantitative estimate of drug-likeness (QED) is 0.536. The molecule has 1 amide bonds. The SMILES string of the molecule is CCc1nc2sc3c(c2c(=O)n1NC(=O)c1cccc([N+](=O)[O-])c1)CCCC3. The third-order valence-electron chi connectivity index (χ3n) is 4.91. The van der Waals surface area contributed by atoms with Gasteiger partial charge in [0.05, 0.1) is 10.3 Å². The van der Waals surface area contributed by atoms with Crippen molar-refractivity contribution in [3.8, 4) is 0 Å². The van der Waals surface area contributed by atoms with Gasteiger partial charge in [0.1, 0.15) is 10.7 Å². The Morgan fingerprint density at radius 2 is 2.14 bits per heavy atom. The van der Waals surface area contributed by atoms with Crippen LogP contribution in [-0.4, -0.2) is 20.5 Å². The highest BCUT2D eigenvalue weighted by Crippen LogP contribution is 2.33. The number of aryl methyl sites for hydroxylation is 3. The van der Waals surface area contributed by atoms with Gasteiger partial charge in [-0.05, 0) is 37.3 Å². The number of carbonyl (C=O) groups is 1. The van der Waals surface area contributed by atoms with Crippen LogP contribution < -0.4 is 11.0 Å². The Morgan fingerprint density at radius 3 is 2.89 bits per heavy atom. The molecule has 0 aliphatic heterocycles. The van der Waals surface area contributed by atoms with Crippen LogP contribution >= 0.6 is 11.3 Å². The molecule has 0 spiro atoms. The van der Waals surface area contributed by atoms with Crippen LogP contribution in [0.5, 0.6) is 0 Å². The second-order valence-corrected chi connectivity index (χ2v) is 7.75. The zero-order chi connectivity index (χ0) is 19.8. The number of non-ortho nitro benzene ring substituents is 1. The van der Waals surface area contributed by atoms with Crippen LogP contribution in [0.1, 0.15) is 46.4 Å². The molecule has 2 heterocycles. The fourth-order valence-corrected chi connectivity index (χ4v) is 4.80. The largest absolute Gasteiger partial charge is 0.281 e. The summed E-state index contributed by atoms with van der Waals surface area (Å²) in [5.74, 6) is -0.138. The van der Waals surface area contributed by atoms with E-state index < -0.39 is 10.8 Å². The molecule has 0 bridgehead atoms. The number of aromatic nitrogens is 2. The predicted molar refractivity (Wildman–Crippen MR) is 107 cm³/mol. The first kappa shape index (κ1) is 18.3. The van der Waals surface area contributed by atoms with E-state index in [0.717, 1.165) is 36.1 Å². The van der Waals surface area contributed by atoms with E-state index in [1.54, 1.807) is 11.3 Å². The van der Waals surface area contributed by atoms with Crippen LogP contribution in [0.2, 0.25) is 0 Å². The molecule has 1 aliphatic carbocycles. The fraction of sp³-hybridized carbons (Fsp3) is 0.316. The molecule has 1 aliphatic rings. The molecule has 0 saturated heterocycles. The van der Waals surface area contributed by atoms with Gasteiger partial charge in [-0.15, -0.1) is 11.3 Å². The van der Waals surface area contributed by atoms with E-state index in [2.05, 4.69) is 10.4 Å². The topological polar surface area (TPSA) is 107 Å². The third-order valence-corrected chi connectivity index (χ3v) is 6.09. The van der Waals surface area contributed by atoms with Gasteiger partial charge in [0.2, 0.25) is 0 Å². The van der Waals surface area contributed by atoms with Gasteiger partial charge in [-0.1, -0.05) is 13.0 Å². The van der Waals surface area contributed by atoms with Crippen molar-refractivity contribution in [2.45, 2.75) is 39.0 Å². The van der Waals surface area contributed by atoms with E-state index in [0.29, 0.717) is 17.6 Å². The number of amides is 1. The number of nitrogens with zero attached hydrogens (tertiary/aromatic N) is 3. The molecular formula is C19H18N4O4S. The normalized spacial score (nSPS) is 13.3. The first-order chi connectivity index (χ1) is 13.5. The van der Waals surface area contributed by atoms with Gasteiger partial charge in [-0.25, -0.2) is 9.66 Å². The maximum atomic E-state index is 13.2. The Labute approximate surface area is 164 Å². The molecule has 0 saturated carbocycles.